The van der Waals surface area contributed by atoms with Gasteiger partial charge in [0.05, 0.1) is 6.10 Å². The summed E-state index contributed by atoms with van der Waals surface area (Å²) in [5, 5.41) is 0. The van der Waals surface area contributed by atoms with E-state index in [2.05, 4.69) is 6.92 Å². The maximum atomic E-state index is 12.3. The highest BCUT2D eigenvalue weighted by Gasteiger charge is 2.25. The van der Waals surface area contributed by atoms with Crippen molar-refractivity contribution in [2.45, 2.75) is 58.0 Å². The lowest BCUT2D eigenvalue weighted by atomic mass is 9.95. The molecule has 0 bridgehead atoms. The van der Waals surface area contributed by atoms with E-state index in [0.717, 1.165) is 65.0 Å². The Morgan fingerprint density at radius 1 is 1.20 bits per heavy atom. The summed E-state index contributed by atoms with van der Waals surface area (Å²) in [4.78, 5) is 14.3. The molecule has 116 valence electrons. The Morgan fingerprint density at radius 3 is 2.55 bits per heavy atom. The second-order valence-corrected chi connectivity index (χ2v) is 6.06. The molecule has 0 aromatic rings. The van der Waals surface area contributed by atoms with Crippen LogP contribution in [0.1, 0.15) is 51.9 Å². The van der Waals surface area contributed by atoms with Crippen LogP contribution in [-0.4, -0.2) is 49.8 Å². The molecule has 0 atom stereocenters. The minimum atomic E-state index is 0.337. The van der Waals surface area contributed by atoms with E-state index in [9.17, 15) is 4.79 Å². The third-order valence-corrected chi connectivity index (χ3v) is 4.45. The first kappa shape index (κ1) is 15.8. The molecule has 2 rings (SSSR count). The Morgan fingerprint density at radius 2 is 1.90 bits per heavy atom. The van der Waals surface area contributed by atoms with Crippen molar-refractivity contribution in [2.75, 3.05) is 32.9 Å². The fourth-order valence-electron chi connectivity index (χ4n) is 2.99. The average molecular weight is 283 g/mol. The van der Waals surface area contributed by atoms with E-state index in [-0.39, 0.29) is 0 Å². The van der Waals surface area contributed by atoms with Gasteiger partial charge in [-0.2, -0.15) is 0 Å². The van der Waals surface area contributed by atoms with Crippen LogP contribution in [-0.2, 0) is 14.3 Å². The van der Waals surface area contributed by atoms with Crippen LogP contribution in [0.2, 0.25) is 0 Å². The predicted octanol–water partition coefficient (Wildman–Crippen LogP) is 2.61. The Balaban J connectivity index is 1.63. The van der Waals surface area contributed by atoms with Crippen molar-refractivity contribution in [1.82, 2.24) is 4.90 Å². The molecule has 4 heteroatoms. The zero-order valence-corrected chi connectivity index (χ0v) is 12.8. The zero-order chi connectivity index (χ0) is 14.2. The summed E-state index contributed by atoms with van der Waals surface area (Å²) < 4.78 is 11.2. The highest BCUT2D eigenvalue weighted by molar-refractivity contribution is 5.76. The number of hydrogen-bond donors (Lipinski definition) is 0. The van der Waals surface area contributed by atoms with Crippen molar-refractivity contribution in [3.05, 3.63) is 0 Å². The molecule has 2 aliphatic rings. The molecule has 2 saturated heterocycles. The summed E-state index contributed by atoms with van der Waals surface area (Å²) >= 11 is 0. The van der Waals surface area contributed by atoms with Crippen LogP contribution in [0.5, 0.6) is 0 Å². The summed E-state index contributed by atoms with van der Waals surface area (Å²) in [6.45, 7) is 6.45. The van der Waals surface area contributed by atoms with Gasteiger partial charge in [0.2, 0.25) is 5.91 Å². The molecule has 2 aliphatic heterocycles. The minimum Gasteiger partial charge on any atom is -0.381 e. The van der Waals surface area contributed by atoms with Crippen LogP contribution in [0.3, 0.4) is 0 Å². The largest absolute Gasteiger partial charge is 0.381 e. The topological polar surface area (TPSA) is 38.8 Å². The number of carbonyl (C=O) groups excluding carboxylic acids is 1. The maximum Gasteiger partial charge on any atom is 0.222 e. The molecular weight excluding hydrogens is 254 g/mol. The van der Waals surface area contributed by atoms with Gasteiger partial charge in [-0.05, 0) is 38.0 Å². The first-order chi connectivity index (χ1) is 9.79. The van der Waals surface area contributed by atoms with Gasteiger partial charge in [-0.25, -0.2) is 0 Å². The molecule has 0 aromatic heterocycles. The molecule has 0 radical (unpaired) electrons. The molecule has 2 fully saturated rings. The number of amides is 1. The van der Waals surface area contributed by atoms with Crippen molar-refractivity contribution < 1.29 is 14.3 Å². The molecule has 0 spiro atoms. The van der Waals surface area contributed by atoms with E-state index in [1.807, 2.05) is 4.90 Å². The normalized spacial score (nSPS) is 22.1. The molecule has 0 saturated carbocycles. The molecule has 0 N–H and O–H groups in total. The predicted molar refractivity (Wildman–Crippen MR) is 78.6 cm³/mol. The zero-order valence-electron chi connectivity index (χ0n) is 12.8. The van der Waals surface area contributed by atoms with Gasteiger partial charge in [0, 0.05) is 39.3 Å². The van der Waals surface area contributed by atoms with E-state index >= 15 is 0 Å². The highest BCUT2D eigenvalue weighted by Crippen LogP contribution is 2.21. The number of ether oxygens (including phenoxy) is 2. The van der Waals surface area contributed by atoms with Crippen molar-refractivity contribution in [1.29, 1.82) is 0 Å². The Labute approximate surface area is 122 Å². The lowest BCUT2D eigenvalue weighted by molar-refractivity contribution is -0.135. The van der Waals surface area contributed by atoms with E-state index in [4.69, 9.17) is 9.47 Å². The van der Waals surface area contributed by atoms with Gasteiger partial charge in [0.25, 0.3) is 0 Å². The van der Waals surface area contributed by atoms with Crippen LogP contribution < -0.4 is 0 Å². The van der Waals surface area contributed by atoms with E-state index in [1.54, 1.807) is 0 Å². The molecular formula is C16H29NO3. The Bertz CT molecular complexity index is 281. The molecule has 0 aromatic carbocycles. The van der Waals surface area contributed by atoms with Crippen LogP contribution in [0.25, 0.3) is 0 Å². The summed E-state index contributed by atoms with van der Waals surface area (Å²) in [7, 11) is 0. The van der Waals surface area contributed by atoms with Gasteiger partial charge in [0.1, 0.15) is 0 Å². The Kier molecular flexibility index (Phi) is 6.80. The molecule has 0 unspecified atom stereocenters. The van der Waals surface area contributed by atoms with Crippen LogP contribution >= 0.6 is 0 Å². The molecule has 4 nitrogen and oxygen atoms in total. The summed E-state index contributed by atoms with van der Waals surface area (Å²) in [6.07, 6.45) is 7.50. The fraction of sp³-hybridized carbons (Fsp3) is 0.938. The number of nitrogens with zero attached hydrogens (tertiary/aromatic N) is 1. The standard InChI is InChI=1S/C16H29NO3/c1-2-3-10-20-15-4-8-17(9-5-15)16(18)13-14-6-11-19-12-7-14/h14-15H,2-13H2,1H3. The highest BCUT2D eigenvalue weighted by atomic mass is 16.5. The van der Waals surface area contributed by atoms with Gasteiger partial charge in [-0.15, -0.1) is 0 Å². The lowest BCUT2D eigenvalue weighted by Crippen LogP contribution is -2.41. The molecule has 1 amide bonds. The van der Waals surface area contributed by atoms with Gasteiger partial charge in [-0.1, -0.05) is 13.3 Å². The average Bonchev–Trinajstić information content (AvgIpc) is 2.49. The van der Waals surface area contributed by atoms with Crippen molar-refractivity contribution in [3.63, 3.8) is 0 Å². The fourth-order valence-corrected chi connectivity index (χ4v) is 2.99. The first-order valence-corrected chi connectivity index (χ1v) is 8.26. The first-order valence-electron chi connectivity index (χ1n) is 8.26. The lowest BCUT2D eigenvalue weighted by Gasteiger charge is -2.33. The van der Waals surface area contributed by atoms with E-state index < -0.39 is 0 Å². The van der Waals surface area contributed by atoms with Gasteiger partial charge in [0.15, 0.2) is 0 Å². The molecule has 0 aliphatic carbocycles. The van der Waals surface area contributed by atoms with E-state index in [1.165, 1.54) is 6.42 Å². The van der Waals surface area contributed by atoms with Gasteiger partial charge in [-0.3, -0.25) is 4.79 Å². The minimum absolute atomic E-state index is 0.337. The molecule has 2 heterocycles. The quantitative estimate of drug-likeness (QED) is 0.703. The van der Waals surface area contributed by atoms with E-state index in [0.29, 0.717) is 24.3 Å². The SMILES string of the molecule is CCCCOC1CCN(C(=O)CC2CCOCC2)CC1. The second-order valence-electron chi connectivity index (χ2n) is 6.06. The van der Waals surface area contributed by atoms with Gasteiger partial charge < -0.3 is 14.4 Å². The second kappa shape index (κ2) is 8.63. The van der Waals surface area contributed by atoms with Crippen molar-refractivity contribution >= 4 is 5.91 Å². The third kappa shape index (κ3) is 5.06. The number of likely N-dealkylation sites (tertiary alicyclic amines) is 1. The molecule has 20 heavy (non-hydrogen) atoms. The number of rotatable bonds is 6. The van der Waals surface area contributed by atoms with Gasteiger partial charge >= 0.3 is 0 Å². The monoisotopic (exact) mass is 283 g/mol. The maximum absolute atomic E-state index is 12.3. The number of unbranched alkanes of at least 4 members (excludes halogenated alkanes) is 1. The van der Waals surface area contributed by atoms with Crippen LogP contribution in [0, 0.1) is 5.92 Å². The Hall–Kier alpha value is -0.610. The summed E-state index contributed by atoms with van der Waals surface area (Å²) in [5.41, 5.74) is 0. The summed E-state index contributed by atoms with van der Waals surface area (Å²) in [6, 6.07) is 0. The van der Waals surface area contributed by atoms with Crippen molar-refractivity contribution in [3.8, 4) is 0 Å². The third-order valence-electron chi connectivity index (χ3n) is 4.45. The van der Waals surface area contributed by atoms with Crippen molar-refractivity contribution in [2.24, 2.45) is 5.92 Å². The van der Waals surface area contributed by atoms with Crippen LogP contribution in [0.15, 0.2) is 0 Å². The summed E-state index contributed by atoms with van der Waals surface area (Å²) in [5.74, 6) is 0.874. The number of carbonyl (C=O) groups is 1. The smallest absolute Gasteiger partial charge is 0.222 e. The number of piperidine rings is 1. The number of hydrogen-bond acceptors (Lipinski definition) is 3. The van der Waals surface area contributed by atoms with Crippen LogP contribution in [0.4, 0.5) is 0 Å².